The average Bonchev–Trinajstić information content (AvgIpc) is 2.68. The molecule has 2 rings (SSSR count). The smallest absolute Gasteiger partial charge is 0.191 e. The van der Waals surface area contributed by atoms with E-state index in [0.717, 1.165) is 51.0 Å². The zero-order chi connectivity index (χ0) is 19.3. The van der Waals surface area contributed by atoms with Gasteiger partial charge in [0.15, 0.2) is 5.96 Å². The third-order valence-corrected chi connectivity index (χ3v) is 4.66. The highest BCUT2D eigenvalue weighted by Crippen LogP contribution is 2.14. The largest absolute Gasteiger partial charge is 0.381 e. The van der Waals surface area contributed by atoms with E-state index in [1.54, 1.807) is 0 Å². The molecular weight excluding hydrogens is 338 g/mol. The van der Waals surface area contributed by atoms with Crippen molar-refractivity contribution in [2.75, 3.05) is 26.3 Å². The lowest BCUT2D eigenvalue weighted by Crippen LogP contribution is -2.37. The van der Waals surface area contributed by atoms with Crippen molar-refractivity contribution in [3.05, 3.63) is 35.4 Å². The van der Waals surface area contributed by atoms with Crippen LogP contribution in [-0.4, -0.2) is 38.4 Å². The van der Waals surface area contributed by atoms with Gasteiger partial charge in [-0.15, -0.1) is 0 Å². The number of hydrogen-bond acceptors (Lipinski definition) is 3. The fraction of sp³-hybridized carbons (Fsp3) is 0.682. The van der Waals surface area contributed by atoms with E-state index < -0.39 is 0 Å². The lowest BCUT2D eigenvalue weighted by molar-refractivity contribution is -0.0390. The molecule has 5 heteroatoms. The van der Waals surface area contributed by atoms with Crippen molar-refractivity contribution in [3.8, 4) is 0 Å². The quantitative estimate of drug-likeness (QED) is 0.370. The number of nitrogens with zero attached hydrogens (tertiary/aromatic N) is 1. The molecule has 0 aromatic heterocycles. The monoisotopic (exact) mass is 375 g/mol. The summed E-state index contributed by atoms with van der Waals surface area (Å²) >= 11 is 0. The first-order valence-corrected chi connectivity index (χ1v) is 10.5. The zero-order valence-electron chi connectivity index (χ0n) is 17.3. The Labute approximate surface area is 164 Å². The summed E-state index contributed by atoms with van der Waals surface area (Å²) < 4.78 is 11.4. The van der Waals surface area contributed by atoms with Gasteiger partial charge in [0.05, 0.1) is 19.3 Å². The van der Waals surface area contributed by atoms with E-state index in [1.165, 1.54) is 24.0 Å². The van der Waals surface area contributed by atoms with Gasteiger partial charge in [-0.05, 0) is 49.7 Å². The third kappa shape index (κ3) is 9.25. The van der Waals surface area contributed by atoms with E-state index in [0.29, 0.717) is 19.3 Å². The van der Waals surface area contributed by atoms with Gasteiger partial charge in [-0.3, -0.25) is 0 Å². The van der Waals surface area contributed by atoms with E-state index >= 15 is 0 Å². The molecule has 0 bridgehead atoms. The standard InChI is InChI=1S/C22H37N3O2/c1-4-23-22(24-12-6-7-18(2)3)25-16-19-8-5-9-20(15-19)17-27-21-10-13-26-14-11-21/h5,8-9,15,18,21H,4,6-7,10-14,16-17H2,1-3H3,(H2,23,24,25). The highest BCUT2D eigenvalue weighted by molar-refractivity contribution is 5.79. The van der Waals surface area contributed by atoms with Crippen molar-refractivity contribution >= 4 is 5.96 Å². The predicted molar refractivity (Wildman–Crippen MR) is 112 cm³/mol. The second-order valence-corrected chi connectivity index (χ2v) is 7.60. The molecule has 0 saturated carbocycles. The van der Waals surface area contributed by atoms with Gasteiger partial charge >= 0.3 is 0 Å². The van der Waals surface area contributed by atoms with Crippen LogP contribution in [0.15, 0.2) is 29.3 Å². The average molecular weight is 376 g/mol. The molecule has 2 N–H and O–H groups in total. The Morgan fingerprint density at radius 3 is 2.74 bits per heavy atom. The normalized spacial score (nSPS) is 15.9. The van der Waals surface area contributed by atoms with Crippen LogP contribution in [0.5, 0.6) is 0 Å². The summed E-state index contributed by atoms with van der Waals surface area (Å²) in [5.74, 6) is 1.64. The lowest BCUT2D eigenvalue weighted by atomic mass is 10.1. The molecule has 27 heavy (non-hydrogen) atoms. The number of ether oxygens (including phenoxy) is 2. The third-order valence-electron chi connectivity index (χ3n) is 4.66. The molecule has 1 aromatic rings. The van der Waals surface area contributed by atoms with Crippen molar-refractivity contribution in [1.82, 2.24) is 10.6 Å². The molecular formula is C22H37N3O2. The molecule has 5 nitrogen and oxygen atoms in total. The van der Waals surface area contributed by atoms with Crippen LogP contribution in [0.3, 0.4) is 0 Å². The molecule has 1 aliphatic rings. The maximum absolute atomic E-state index is 6.03. The minimum atomic E-state index is 0.329. The Morgan fingerprint density at radius 1 is 1.22 bits per heavy atom. The van der Waals surface area contributed by atoms with Crippen molar-refractivity contribution < 1.29 is 9.47 Å². The van der Waals surface area contributed by atoms with Crippen LogP contribution >= 0.6 is 0 Å². The predicted octanol–water partition coefficient (Wildman–Crippen LogP) is 3.87. The number of nitrogens with one attached hydrogen (secondary N) is 2. The van der Waals surface area contributed by atoms with E-state index in [1.807, 2.05) is 0 Å². The van der Waals surface area contributed by atoms with E-state index in [4.69, 9.17) is 14.5 Å². The highest BCUT2D eigenvalue weighted by Gasteiger charge is 2.14. The molecule has 0 atom stereocenters. The van der Waals surface area contributed by atoms with E-state index in [9.17, 15) is 0 Å². The summed E-state index contributed by atoms with van der Waals surface area (Å²) in [6.07, 6.45) is 4.73. The molecule has 1 aromatic carbocycles. The molecule has 0 amide bonds. The number of rotatable bonds is 10. The Kier molecular flexibility index (Phi) is 10.2. The first-order valence-electron chi connectivity index (χ1n) is 10.5. The zero-order valence-corrected chi connectivity index (χ0v) is 17.3. The van der Waals surface area contributed by atoms with Crippen LogP contribution in [0.1, 0.15) is 57.6 Å². The minimum Gasteiger partial charge on any atom is -0.381 e. The molecule has 0 unspecified atom stereocenters. The van der Waals surface area contributed by atoms with E-state index in [2.05, 4.69) is 55.7 Å². The Hall–Kier alpha value is -1.59. The number of hydrogen-bond donors (Lipinski definition) is 2. The first-order chi connectivity index (χ1) is 13.2. The maximum atomic E-state index is 6.03. The van der Waals surface area contributed by atoms with Gasteiger partial charge in [0.1, 0.15) is 0 Å². The fourth-order valence-electron chi connectivity index (χ4n) is 3.10. The molecule has 1 fully saturated rings. The van der Waals surface area contributed by atoms with Crippen molar-refractivity contribution in [1.29, 1.82) is 0 Å². The Bertz CT molecular complexity index is 554. The van der Waals surface area contributed by atoms with Gasteiger partial charge in [0.25, 0.3) is 0 Å². The van der Waals surface area contributed by atoms with Crippen molar-refractivity contribution in [2.45, 2.75) is 65.7 Å². The number of guanidine groups is 1. The summed E-state index contributed by atoms with van der Waals surface area (Å²) in [4.78, 5) is 4.73. The highest BCUT2D eigenvalue weighted by atomic mass is 16.5. The van der Waals surface area contributed by atoms with Gasteiger partial charge in [-0.2, -0.15) is 0 Å². The van der Waals surface area contributed by atoms with Gasteiger partial charge < -0.3 is 20.1 Å². The Balaban J connectivity index is 1.81. The lowest BCUT2D eigenvalue weighted by Gasteiger charge is -2.22. The van der Waals surface area contributed by atoms with Crippen LogP contribution in [0.2, 0.25) is 0 Å². The molecule has 0 radical (unpaired) electrons. The van der Waals surface area contributed by atoms with Crippen molar-refractivity contribution in [3.63, 3.8) is 0 Å². The maximum Gasteiger partial charge on any atom is 0.191 e. The summed E-state index contributed by atoms with van der Waals surface area (Å²) in [6, 6.07) is 8.55. The summed E-state index contributed by atoms with van der Waals surface area (Å²) in [5.41, 5.74) is 2.42. The fourth-order valence-corrected chi connectivity index (χ4v) is 3.10. The molecule has 1 aliphatic heterocycles. The van der Waals surface area contributed by atoms with E-state index in [-0.39, 0.29) is 0 Å². The van der Waals surface area contributed by atoms with Crippen LogP contribution in [0, 0.1) is 5.92 Å². The second kappa shape index (κ2) is 12.7. The minimum absolute atomic E-state index is 0.329. The second-order valence-electron chi connectivity index (χ2n) is 7.60. The first kappa shape index (κ1) is 21.7. The van der Waals surface area contributed by atoms with Crippen LogP contribution in [0.4, 0.5) is 0 Å². The van der Waals surface area contributed by atoms with Gasteiger partial charge in [0.2, 0.25) is 0 Å². The number of aliphatic imine (C=N–C) groups is 1. The summed E-state index contributed by atoms with van der Waals surface area (Å²) in [5, 5.41) is 6.76. The van der Waals surface area contributed by atoms with Gasteiger partial charge in [-0.1, -0.05) is 38.1 Å². The number of benzene rings is 1. The summed E-state index contributed by atoms with van der Waals surface area (Å²) in [6.45, 7) is 11.4. The SMILES string of the molecule is CCNC(=NCc1cccc(COC2CCOCC2)c1)NCCCC(C)C. The van der Waals surface area contributed by atoms with Gasteiger partial charge in [-0.25, -0.2) is 4.99 Å². The molecule has 1 saturated heterocycles. The molecule has 0 aliphatic carbocycles. The van der Waals surface area contributed by atoms with Crippen LogP contribution < -0.4 is 10.6 Å². The van der Waals surface area contributed by atoms with Crippen LogP contribution in [0.25, 0.3) is 0 Å². The summed E-state index contributed by atoms with van der Waals surface area (Å²) in [7, 11) is 0. The Morgan fingerprint density at radius 2 is 2.00 bits per heavy atom. The van der Waals surface area contributed by atoms with Gasteiger partial charge in [0, 0.05) is 26.3 Å². The topological polar surface area (TPSA) is 54.9 Å². The van der Waals surface area contributed by atoms with Crippen LogP contribution in [-0.2, 0) is 22.6 Å². The van der Waals surface area contributed by atoms with Crippen molar-refractivity contribution in [2.24, 2.45) is 10.9 Å². The molecule has 152 valence electrons. The molecule has 0 spiro atoms. The molecule has 1 heterocycles.